The SMILES string of the molecule is CC(C)CNC(=O)Cn1c(CCCl)nc2c(F)cccc21. The Kier molecular flexibility index (Phi) is 5.17. The summed E-state index contributed by atoms with van der Waals surface area (Å²) in [4.78, 5) is 16.3. The first-order valence-corrected chi connectivity index (χ1v) is 7.52. The second-order valence-electron chi connectivity index (χ2n) is 5.36. The van der Waals surface area contributed by atoms with Crippen molar-refractivity contribution in [3.05, 3.63) is 29.8 Å². The maximum Gasteiger partial charge on any atom is 0.240 e. The van der Waals surface area contributed by atoms with Crippen molar-refractivity contribution < 1.29 is 9.18 Å². The van der Waals surface area contributed by atoms with Crippen LogP contribution in [0.1, 0.15) is 19.7 Å². The van der Waals surface area contributed by atoms with E-state index in [4.69, 9.17) is 11.6 Å². The predicted octanol–water partition coefficient (Wildman–Crippen LogP) is 2.73. The average molecular weight is 312 g/mol. The van der Waals surface area contributed by atoms with E-state index in [2.05, 4.69) is 10.3 Å². The Morgan fingerprint density at radius 2 is 2.24 bits per heavy atom. The van der Waals surface area contributed by atoms with E-state index in [1.165, 1.54) is 6.07 Å². The summed E-state index contributed by atoms with van der Waals surface area (Å²) >= 11 is 5.77. The molecule has 2 aromatic rings. The maximum atomic E-state index is 13.8. The minimum absolute atomic E-state index is 0.108. The highest BCUT2D eigenvalue weighted by Crippen LogP contribution is 2.19. The highest BCUT2D eigenvalue weighted by atomic mass is 35.5. The molecule has 1 aromatic carbocycles. The number of nitrogens with zero attached hydrogens (tertiary/aromatic N) is 2. The van der Waals surface area contributed by atoms with Gasteiger partial charge in [-0.2, -0.15) is 0 Å². The molecule has 0 unspecified atom stereocenters. The molecular weight excluding hydrogens is 293 g/mol. The number of carbonyl (C=O) groups excluding carboxylic acids is 1. The quantitative estimate of drug-likeness (QED) is 0.834. The van der Waals surface area contributed by atoms with Crippen LogP contribution >= 0.6 is 11.6 Å². The minimum atomic E-state index is -0.385. The fourth-order valence-electron chi connectivity index (χ4n) is 2.13. The number of benzene rings is 1. The van der Waals surface area contributed by atoms with Crippen molar-refractivity contribution in [2.24, 2.45) is 5.92 Å². The molecule has 1 amide bonds. The van der Waals surface area contributed by atoms with Crippen LogP contribution in [0.4, 0.5) is 4.39 Å². The Labute approximate surface area is 128 Å². The molecule has 1 heterocycles. The molecule has 0 atom stereocenters. The first kappa shape index (κ1) is 15.8. The summed E-state index contributed by atoms with van der Waals surface area (Å²) in [7, 11) is 0. The van der Waals surface area contributed by atoms with Gasteiger partial charge in [0.15, 0.2) is 5.82 Å². The van der Waals surface area contributed by atoms with E-state index in [-0.39, 0.29) is 23.8 Å². The molecule has 0 fully saturated rings. The van der Waals surface area contributed by atoms with Crippen LogP contribution in [0.25, 0.3) is 11.0 Å². The standard InChI is InChI=1S/C15H19ClFN3O/c1-10(2)8-18-14(21)9-20-12-5-3-4-11(17)15(12)19-13(20)6-7-16/h3-5,10H,6-9H2,1-2H3,(H,18,21). The fraction of sp³-hybridized carbons (Fsp3) is 0.467. The molecule has 6 heteroatoms. The summed E-state index contributed by atoms with van der Waals surface area (Å²) in [6, 6.07) is 4.74. The highest BCUT2D eigenvalue weighted by molar-refractivity contribution is 6.17. The third kappa shape index (κ3) is 3.73. The van der Waals surface area contributed by atoms with Gasteiger partial charge < -0.3 is 9.88 Å². The first-order valence-electron chi connectivity index (χ1n) is 6.99. The first-order chi connectivity index (χ1) is 10.0. The van der Waals surface area contributed by atoms with Crippen LogP contribution in [-0.4, -0.2) is 27.9 Å². The molecule has 1 aromatic heterocycles. The monoisotopic (exact) mass is 311 g/mol. The number of fused-ring (bicyclic) bond motifs is 1. The van der Waals surface area contributed by atoms with Gasteiger partial charge in [0.05, 0.1) is 5.52 Å². The number of imidazole rings is 1. The van der Waals surface area contributed by atoms with Crippen LogP contribution in [0.3, 0.4) is 0 Å². The number of hydrogen-bond donors (Lipinski definition) is 1. The lowest BCUT2D eigenvalue weighted by atomic mass is 10.2. The van der Waals surface area contributed by atoms with Gasteiger partial charge in [-0.25, -0.2) is 9.37 Å². The Morgan fingerprint density at radius 1 is 1.48 bits per heavy atom. The van der Waals surface area contributed by atoms with Crippen molar-refractivity contribution in [2.45, 2.75) is 26.8 Å². The van der Waals surface area contributed by atoms with E-state index in [0.29, 0.717) is 36.1 Å². The van der Waals surface area contributed by atoms with Crippen LogP contribution in [0.2, 0.25) is 0 Å². The maximum absolute atomic E-state index is 13.8. The topological polar surface area (TPSA) is 46.9 Å². The van der Waals surface area contributed by atoms with Crippen LogP contribution < -0.4 is 5.32 Å². The van der Waals surface area contributed by atoms with Gasteiger partial charge in [0.1, 0.15) is 17.9 Å². The van der Waals surface area contributed by atoms with E-state index in [1.54, 1.807) is 16.7 Å². The summed E-state index contributed by atoms with van der Waals surface area (Å²) in [5.41, 5.74) is 0.907. The van der Waals surface area contributed by atoms with Crippen LogP contribution in [0.15, 0.2) is 18.2 Å². The Balaban J connectivity index is 2.30. The number of carbonyl (C=O) groups is 1. The Bertz CT molecular complexity index is 639. The normalized spacial score (nSPS) is 11.3. The van der Waals surface area contributed by atoms with Gasteiger partial charge in [-0.3, -0.25) is 4.79 Å². The number of halogens is 2. The van der Waals surface area contributed by atoms with Gasteiger partial charge >= 0.3 is 0 Å². The molecule has 0 spiro atoms. The van der Waals surface area contributed by atoms with Crippen molar-refractivity contribution in [3.63, 3.8) is 0 Å². The van der Waals surface area contributed by atoms with Crippen molar-refractivity contribution in [1.29, 1.82) is 0 Å². The molecule has 114 valence electrons. The van der Waals surface area contributed by atoms with Gasteiger partial charge in [0, 0.05) is 18.8 Å². The van der Waals surface area contributed by atoms with Gasteiger partial charge in [-0.05, 0) is 18.1 Å². The van der Waals surface area contributed by atoms with Gasteiger partial charge in [-0.1, -0.05) is 19.9 Å². The summed E-state index contributed by atoms with van der Waals surface area (Å²) in [6.07, 6.45) is 0.493. The molecule has 0 saturated carbocycles. The molecule has 0 radical (unpaired) electrons. The predicted molar refractivity (Wildman–Crippen MR) is 82.0 cm³/mol. The molecule has 0 saturated heterocycles. The number of rotatable bonds is 6. The van der Waals surface area contributed by atoms with Gasteiger partial charge in [0.2, 0.25) is 5.91 Å². The molecule has 21 heavy (non-hydrogen) atoms. The summed E-state index contributed by atoms with van der Waals surface area (Å²) in [6.45, 7) is 4.80. The Hall–Kier alpha value is -1.62. The number of amides is 1. The summed E-state index contributed by atoms with van der Waals surface area (Å²) < 4.78 is 15.5. The third-order valence-corrected chi connectivity index (χ3v) is 3.32. The molecule has 4 nitrogen and oxygen atoms in total. The zero-order valence-electron chi connectivity index (χ0n) is 12.2. The zero-order valence-corrected chi connectivity index (χ0v) is 13.0. The van der Waals surface area contributed by atoms with Crippen molar-refractivity contribution in [1.82, 2.24) is 14.9 Å². The number of aromatic nitrogens is 2. The number of alkyl halides is 1. The van der Waals surface area contributed by atoms with Crippen LogP contribution in [0, 0.1) is 11.7 Å². The fourth-order valence-corrected chi connectivity index (χ4v) is 2.30. The largest absolute Gasteiger partial charge is 0.354 e. The van der Waals surface area contributed by atoms with Gasteiger partial charge in [-0.15, -0.1) is 11.6 Å². The van der Waals surface area contributed by atoms with Crippen molar-refractivity contribution in [3.8, 4) is 0 Å². The van der Waals surface area contributed by atoms with Crippen molar-refractivity contribution in [2.75, 3.05) is 12.4 Å². The number of aryl methyl sites for hydroxylation is 1. The lowest BCUT2D eigenvalue weighted by molar-refractivity contribution is -0.121. The van der Waals surface area contributed by atoms with Crippen molar-refractivity contribution >= 4 is 28.5 Å². The third-order valence-electron chi connectivity index (χ3n) is 3.14. The second-order valence-corrected chi connectivity index (χ2v) is 5.74. The van der Waals surface area contributed by atoms with E-state index in [0.717, 1.165) is 0 Å². The Morgan fingerprint density at radius 3 is 2.90 bits per heavy atom. The lowest BCUT2D eigenvalue weighted by Crippen LogP contribution is -2.31. The lowest BCUT2D eigenvalue weighted by Gasteiger charge is -2.10. The average Bonchev–Trinajstić information content (AvgIpc) is 2.77. The van der Waals surface area contributed by atoms with E-state index < -0.39 is 0 Å². The van der Waals surface area contributed by atoms with E-state index >= 15 is 0 Å². The summed E-state index contributed by atoms with van der Waals surface area (Å²) in [5.74, 6) is 0.893. The van der Waals surface area contributed by atoms with Gasteiger partial charge in [0.25, 0.3) is 0 Å². The van der Waals surface area contributed by atoms with Crippen LogP contribution in [-0.2, 0) is 17.8 Å². The minimum Gasteiger partial charge on any atom is -0.354 e. The molecule has 0 bridgehead atoms. The molecule has 2 rings (SSSR count). The number of nitrogens with one attached hydrogen (secondary N) is 1. The number of hydrogen-bond acceptors (Lipinski definition) is 2. The van der Waals surface area contributed by atoms with E-state index in [1.807, 2.05) is 13.8 Å². The molecule has 0 aliphatic carbocycles. The van der Waals surface area contributed by atoms with Crippen LogP contribution in [0.5, 0.6) is 0 Å². The highest BCUT2D eigenvalue weighted by Gasteiger charge is 2.15. The number of para-hydroxylation sites is 1. The molecule has 1 N–H and O–H groups in total. The molecular formula is C15H19ClFN3O. The smallest absolute Gasteiger partial charge is 0.240 e. The summed E-state index contributed by atoms with van der Waals surface area (Å²) in [5, 5.41) is 2.85. The molecule has 0 aliphatic rings. The molecule has 0 aliphatic heterocycles. The second kappa shape index (κ2) is 6.89. The van der Waals surface area contributed by atoms with E-state index in [9.17, 15) is 9.18 Å². The zero-order chi connectivity index (χ0) is 15.4.